The second kappa shape index (κ2) is 6.65. The first kappa shape index (κ1) is 17.7. The maximum Gasteiger partial charge on any atom is 0.341 e. The maximum atomic E-state index is 12.6. The lowest BCUT2D eigenvalue weighted by Crippen LogP contribution is -2.14. The Morgan fingerprint density at radius 2 is 1.77 bits per heavy atom. The molecule has 1 atom stereocenters. The first-order chi connectivity index (χ1) is 12.3. The van der Waals surface area contributed by atoms with Crippen LogP contribution in [0.1, 0.15) is 22.1 Å². The van der Waals surface area contributed by atoms with Crippen LogP contribution in [-0.4, -0.2) is 29.9 Å². The predicted molar refractivity (Wildman–Crippen MR) is 88.4 cm³/mol. The van der Waals surface area contributed by atoms with Gasteiger partial charge in [-0.3, -0.25) is 4.79 Å². The Morgan fingerprint density at radius 3 is 2.35 bits per heavy atom. The lowest BCUT2D eigenvalue weighted by Gasteiger charge is -2.07. The number of Topliss-reactive ketones (excluding diaryl/α,β-unsaturated/α-hetero) is 1. The fourth-order valence-corrected chi connectivity index (χ4v) is 3.15. The molecule has 3 aromatic rings. The van der Waals surface area contributed by atoms with Crippen LogP contribution in [0.5, 0.6) is 0 Å². The Labute approximate surface area is 147 Å². The van der Waals surface area contributed by atoms with Crippen molar-refractivity contribution in [1.82, 2.24) is 9.97 Å². The lowest BCUT2D eigenvalue weighted by molar-refractivity contribution is 0.0976. The molecule has 3 rings (SSSR count). The minimum Gasteiger partial charge on any atom is -0.340 e. The topological polar surface area (TPSA) is 104 Å². The van der Waals surface area contributed by atoms with E-state index >= 15 is 0 Å². The first-order valence-corrected chi connectivity index (χ1v) is 8.90. The van der Waals surface area contributed by atoms with Crippen LogP contribution in [0.25, 0.3) is 11.0 Å². The van der Waals surface area contributed by atoms with Gasteiger partial charge in [0.25, 0.3) is 0 Å². The number of imidazole rings is 1. The molecule has 6 nitrogen and oxygen atoms in total. The van der Waals surface area contributed by atoms with Gasteiger partial charge < -0.3 is 4.98 Å². The van der Waals surface area contributed by atoms with Gasteiger partial charge in [0.2, 0.25) is 9.84 Å². The summed E-state index contributed by atoms with van der Waals surface area (Å²) in [6.45, 7) is 0. The van der Waals surface area contributed by atoms with Crippen LogP contribution < -0.4 is 0 Å². The molecular formula is C17H11F2N3O3S. The van der Waals surface area contributed by atoms with Crippen molar-refractivity contribution in [2.24, 2.45) is 0 Å². The van der Waals surface area contributed by atoms with Gasteiger partial charge in [0.15, 0.2) is 11.7 Å². The lowest BCUT2D eigenvalue weighted by atomic mass is 9.98. The largest absolute Gasteiger partial charge is 0.341 e. The molecule has 2 aromatic carbocycles. The van der Waals surface area contributed by atoms with Crippen LogP contribution >= 0.6 is 0 Å². The van der Waals surface area contributed by atoms with Crippen molar-refractivity contribution in [2.75, 3.05) is 0 Å². The summed E-state index contributed by atoms with van der Waals surface area (Å²) in [5.41, 5.74) is 1.27. The minimum atomic E-state index is -4.74. The number of hydrogen-bond donors (Lipinski definition) is 1. The van der Waals surface area contributed by atoms with Gasteiger partial charge in [0, 0.05) is 5.56 Å². The number of nitriles is 1. The van der Waals surface area contributed by atoms with Gasteiger partial charge in [-0.05, 0) is 24.3 Å². The van der Waals surface area contributed by atoms with Gasteiger partial charge in [0.1, 0.15) is 5.82 Å². The fraction of sp³-hybridized carbons (Fsp3) is 0.118. The van der Waals surface area contributed by atoms with E-state index in [4.69, 9.17) is 0 Å². The van der Waals surface area contributed by atoms with Crippen molar-refractivity contribution in [3.63, 3.8) is 0 Å². The standard InChI is InChI=1S/C17H11F2N3O3S/c18-17(19)26(24,25)11-7-5-10(6-8-11)15(23)12(9-20)16-21-13-3-1-2-4-14(13)22-16/h1-8,12,17H,(H,21,22)/t12-/m0/s1. The molecule has 26 heavy (non-hydrogen) atoms. The summed E-state index contributed by atoms with van der Waals surface area (Å²) in [6, 6.07) is 12.9. The Kier molecular flexibility index (Phi) is 4.52. The highest BCUT2D eigenvalue weighted by molar-refractivity contribution is 7.91. The number of benzene rings is 2. The Hall–Kier alpha value is -3.12. The second-order valence-electron chi connectivity index (χ2n) is 5.40. The van der Waals surface area contributed by atoms with Gasteiger partial charge in [-0.2, -0.15) is 14.0 Å². The summed E-state index contributed by atoms with van der Waals surface area (Å²) in [6.07, 6.45) is 0. The molecule has 0 saturated heterocycles. The Balaban J connectivity index is 1.93. The van der Waals surface area contributed by atoms with Gasteiger partial charge in [-0.25, -0.2) is 13.4 Å². The number of ketones is 1. The Bertz CT molecular complexity index is 1080. The predicted octanol–water partition coefficient (Wildman–Crippen LogP) is 3.05. The highest BCUT2D eigenvalue weighted by Crippen LogP contribution is 2.23. The van der Waals surface area contributed by atoms with Crippen LogP contribution in [0.15, 0.2) is 53.4 Å². The second-order valence-corrected chi connectivity index (χ2v) is 7.31. The number of sulfone groups is 1. The molecule has 0 spiro atoms. The summed E-state index contributed by atoms with van der Waals surface area (Å²) in [4.78, 5) is 19.1. The van der Waals surface area contributed by atoms with Crippen LogP contribution in [-0.2, 0) is 9.84 Å². The van der Waals surface area contributed by atoms with E-state index in [9.17, 15) is 27.3 Å². The van der Waals surface area contributed by atoms with Crippen molar-refractivity contribution in [1.29, 1.82) is 5.26 Å². The number of rotatable bonds is 5. The molecule has 1 N–H and O–H groups in total. The smallest absolute Gasteiger partial charge is 0.340 e. The molecule has 0 radical (unpaired) electrons. The molecule has 1 aromatic heterocycles. The van der Waals surface area contributed by atoms with Crippen molar-refractivity contribution in [3.05, 3.63) is 59.9 Å². The van der Waals surface area contributed by atoms with E-state index in [0.29, 0.717) is 11.0 Å². The molecule has 0 fully saturated rings. The number of nitrogens with zero attached hydrogens (tertiary/aromatic N) is 2. The summed E-state index contributed by atoms with van der Waals surface area (Å²) in [5, 5.41) is 9.37. The number of alkyl halides is 2. The average Bonchev–Trinajstić information content (AvgIpc) is 3.05. The van der Waals surface area contributed by atoms with E-state index in [1.54, 1.807) is 24.3 Å². The van der Waals surface area contributed by atoms with Crippen LogP contribution in [0, 0.1) is 11.3 Å². The molecule has 0 aliphatic carbocycles. The van der Waals surface area contributed by atoms with E-state index in [0.717, 1.165) is 24.3 Å². The SMILES string of the molecule is N#C[C@@H](C(=O)c1ccc(S(=O)(=O)C(F)F)cc1)c1nc2ccccc2[nH]1. The number of aromatic amines is 1. The zero-order valence-electron chi connectivity index (χ0n) is 13.1. The fourth-order valence-electron chi connectivity index (χ4n) is 2.43. The number of carbonyl (C=O) groups excluding carboxylic acids is 1. The summed E-state index contributed by atoms with van der Waals surface area (Å²) < 4.78 is 47.9. The zero-order chi connectivity index (χ0) is 18.9. The molecule has 0 amide bonds. The molecule has 0 aliphatic heterocycles. The number of halogens is 2. The normalized spacial score (nSPS) is 12.8. The van der Waals surface area contributed by atoms with Gasteiger partial charge in [-0.15, -0.1) is 0 Å². The number of nitrogens with one attached hydrogen (secondary N) is 1. The number of H-pyrrole nitrogens is 1. The van der Waals surface area contributed by atoms with E-state index in [1.165, 1.54) is 0 Å². The molecule has 0 bridgehead atoms. The van der Waals surface area contributed by atoms with Gasteiger partial charge in [-0.1, -0.05) is 24.3 Å². The van der Waals surface area contributed by atoms with Crippen molar-refractivity contribution >= 4 is 26.7 Å². The van der Waals surface area contributed by atoms with E-state index in [2.05, 4.69) is 9.97 Å². The van der Waals surface area contributed by atoms with Crippen LogP contribution in [0.2, 0.25) is 0 Å². The molecule has 1 heterocycles. The van der Waals surface area contributed by atoms with Crippen LogP contribution in [0.4, 0.5) is 8.78 Å². The molecule has 9 heteroatoms. The molecule has 0 saturated carbocycles. The monoisotopic (exact) mass is 375 g/mol. The molecule has 0 unspecified atom stereocenters. The van der Waals surface area contributed by atoms with Crippen LogP contribution in [0.3, 0.4) is 0 Å². The van der Waals surface area contributed by atoms with Crippen molar-refractivity contribution in [3.8, 4) is 6.07 Å². The highest BCUT2D eigenvalue weighted by Gasteiger charge is 2.28. The third-order valence-corrected chi connectivity index (χ3v) is 5.17. The number of hydrogen-bond acceptors (Lipinski definition) is 5. The quantitative estimate of drug-likeness (QED) is 0.690. The average molecular weight is 375 g/mol. The molecule has 132 valence electrons. The number of carbonyl (C=O) groups is 1. The summed E-state index contributed by atoms with van der Waals surface area (Å²) in [7, 11) is -4.74. The van der Waals surface area contributed by atoms with E-state index in [-0.39, 0.29) is 11.4 Å². The van der Waals surface area contributed by atoms with E-state index in [1.807, 2.05) is 6.07 Å². The zero-order valence-corrected chi connectivity index (χ0v) is 13.9. The highest BCUT2D eigenvalue weighted by atomic mass is 32.2. The summed E-state index contributed by atoms with van der Waals surface area (Å²) in [5.74, 6) is -5.25. The number of para-hydroxylation sites is 2. The molecule has 0 aliphatic rings. The number of fused-ring (bicyclic) bond motifs is 1. The number of aromatic nitrogens is 2. The molecular weight excluding hydrogens is 364 g/mol. The van der Waals surface area contributed by atoms with Crippen molar-refractivity contribution in [2.45, 2.75) is 16.6 Å². The third kappa shape index (κ3) is 3.07. The summed E-state index contributed by atoms with van der Waals surface area (Å²) >= 11 is 0. The van der Waals surface area contributed by atoms with E-state index < -0.39 is 32.2 Å². The third-order valence-electron chi connectivity index (χ3n) is 3.77. The van der Waals surface area contributed by atoms with Gasteiger partial charge >= 0.3 is 5.76 Å². The Morgan fingerprint density at radius 1 is 1.12 bits per heavy atom. The maximum absolute atomic E-state index is 12.6. The first-order valence-electron chi connectivity index (χ1n) is 7.35. The minimum absolute atomic E-state index is 0.0187. The van der Waals surface area contributed by atoms with Gasteiger partial charge in [0.05, 0.1) is 22.0 Å². The van der Waals surface area contributed by atoms with Crippen molar-refractivity contribution < 1.29 is 22.0 Å².